The molecule has 0 unspecified atom stereocenters. The second kappa shape index (κ2) is 3.13. The number of hydrogen-bond donors (Lipinski definition) is 1. The summed E-state index contributed by atoms with van der Waals surface area (Å²) in [4.78, 5) is 0. The fourth-order valence-corrected chi connectivity index (χ4v) is 1.91. The Hall–Kier alpha value is -2.23. The second-order valence-electron chi connectivity index (χ2n) is 3.77. The third-order valence-corrected chi connectivity index (χ3v) is 2.68. The lowest BCUT2D eigenvalue weighted by atomic mass is 10.2. The number of hydrogen-bond acceptors (Lipinski definition) is 2. The van der Waals surface area contributed by atoms with Crippen LogP contribution in [0.5, 0.6) is 5.75 Å². The van der Waals surface area contributed by atoms with Gasteiger partial charge >= 0.3 is 0 Å². The van der Waals surface area contributed by atoms with Crippen LogP contribution in [-0.4, -0.2) is 19.5 Å². The van der Waals surface area contributed by atoms with Crippen LogP contribution < -0.4 is 0 Å². The summed E-state index contributed by atoms with van der Waals surface area (Å²) in [5.41, 5.74) is 1.97. The van der Waals surface area contributed by atoms with Crippen molar-refractivity contribution in [2.75, 3.05) is 0 Å². The van der Waals surface area contributed by atoms with Crippen molar-refractivity contribution in [2.24, 2.45) is 7.05 Å². The van der Waals surface area contributed by atoms with Gasteiger partial charge in [0.2, 0.25) is 0 Å². The molecule has 1 N–H and O–H groups in total. The molecule has 0 spiro atoms. The number of fused-ring (bicyclic) bond motifs is 1. The van der Waals surface area contributed by atoms with Crippen LogP contribution in [-0.2, 0) is 7.05 Å². The van der Waals surface area contributed by atoms with Crippen molar-refractivity contribution in [2.45, 2.75) is 0 Å². The highest BCUT2D eigenvalue weighted by molar-refractivity contribution is 5.87. The van der Waals surface area contributed by atoms with Crippen LogP contribution in [0.4, 0.5) is 0 Å². The van der Waals surface area contributed by atoms with Crippen molar-refractivity contribution in [3.8, 4) is 11.4 Å². The van der Waals surface area contributed by atoms with Crippen molar-refractivity contribution in [1.29, 1.82) is 0 Å². The molecular weight excluding hydrogens is 202 g/mol. The van der Waals surface area contributed by atoms with Gasteiger partial charge in [-0.3, -0.25) is 4.68 Å². The van der Waals surface area contributed by atoms with Gasteiger partial charge in [0.15, 0.2) is 0 Å². The zero-order valence-corrected chi connectivity index (χ0v) is 8.83. The van der Waals surface area contributed by atoms with Crippen LogP contribution in [0.1, 0.15) is 0 Å². The van der Waals surface area contributed by atoms with Crippen LogP contribution in [0.25, 0.3) is 16.6 Å². The Labute approximate surface area is 92.4 Å². The normalized spacial score (nSPS) is 11.1. The maximum Gasteiger partial charge on any atom is 0.124 e. The maximum atomic E-state index is 9.70. The van der Waals surface area contributed by atoms with Gasteiger partial charge in [-0.15, -0.1) is 0 Å². The Balaban J connectivity index is 2.29. The fraction of sp³-hybridized carbons (Fsp3) is 0.0833. The van der Waals surface area contributed by atoms with Gasteiger partial charge in [0.05, 0.1) is 17.4 Å². The zero-order chi connectivity index (χ0) is 11.1. The Morgan fingerprint density at radius 1 is 1.25 bits per heavy atom. The smallest absolute Gasteiger partial charge is 0.124 e. The Morgan fingerprint density at radius 3 is 2.88 bits per heavy atom. The van der Waals surface area contributed by atoms with Crippen LogP contribution in [0.2, 0.25) is 0 Å². The van der Waals surface area contributed by atoms with E-state index < -0.39 is 0 Å². The molecule has 0 radical (unpaired) electrons. The average Bonchev–Trinajstić information content (AvgIpc) is 2.84. The number of phenols is 1. The predicted molar refractivity (Wildman–Crippen MR) is 61.7 cm³/mol. The summed E-state index contributed by atoms with van der Waals surface area (Å²) in [6.07, 6.45) is 5.66. The number of nitrogens with zero attached hydrogens (tertiary/aromatic N) is 3. The molecule has 4 heteroatoms. The van der Waals surface area contributed by atoms with Gasteiger partial charge in [0.25, 0.3) is 0 Å². The van der Waals surface area contributed by atoms with Crippen molar-refractivity contribution >= 4 is 10.9 Å². The van der Waals surface area contributed by atoms with E-state index in [-0.39, 0.29) is 0 Å². The van der Waals surface area contributed by atoms with Gasteiger partial charge in [-0.2, -0.15) is 5.10 Å². The molecule has 0 amide bonds. The molecule has 0 atom stereocenters. The van der Waals surface area contributed by atoms with E-state index in [2.05, 4.69) is 5.10 Å². The maximum absolute atomic E-state index is 9.70. The van der Waals surface area contributed by atoms with Gasteiger partial charge in [-0.25, -0.2) is 0 Å². The number of rotatable bonds is 1. The molecule has 0 aliphatic rings. The van der Waals surface area contributed by atoms with E-state index >= 15 is 0 Å². The van der Waals surface area contributed by atoms with E-state index in [4.69, 9.17) is 0 Å². The van der Waals surface area contributed by atoms with Gasteiger partial charge in [-0.05, 0) is 18.2 Å². The van der Waals surface area contributed by atoms with E-state index in [0.717, 1.165) is 16.6 Å². The molecule has 0 aliphatic heterocycles. The quantitative estimate of drug-likeness (QED) is 0.672. The molecule has 4 nitrogen and oxygen atoms in total. The molecule has 3 rings (SSSR count). The van der Waals surface area contributed by atoms with E-state index in [9.17, 15) is 5.11 Å². The first-order valence-electron chi connectivity index (χ1n) is 5.04. The molecule has 1 aromatic carbocycles. The summed E-state index contributed by atoms with van der Waals surface area (Å²) in [5.74, 6) is 0.306. The molecule has 2 heterocycles. The summed E-state index contributed by atoms with van der Waals surface area (Å²) < 4.78 is 3.76. The SMILES string of the molecule is Cn1cc(-n2ccc3c(O)cccc32)cn1. The van der Waals surface area contributed by atoms with E-state index in [1.165, 1.54) is 0 Å². The van der Waals surface area contributed by atoms with Gasteiger partial charge < -0.3 is 9.67 Å². The van der Waals surface area contributed by atoms with Crippen molar-refractivity contribution < 1.29 is 5.11 Å². The predicted octanol–water partition coefficient (Wildman–Crippen LogP) is 2.07. The minimum absolute atomic E-state index is 0.306. The lowest BCUT2D eigenvalue weighted by Gasteiger charge is -2.01. The van der Waals surface area contributed by atoms with Crippen LogP contribution in [0.3, 0.4) is 0 Å². The first-order chi connectivity index (χ1) is 7.75. The lowest BCUT2D eigenvalue weighted by molar-refractivity contribution is 0.481. The lowest BCUT2D eigenvalue weighted by Crippen LogP contribution is -1.89. The van der Waals surface area contributed by atoms with E-state index in [1.807, 2.05) is 42.2 Å². The molecule has 80 valence electrons. The zero-order valence-electron chi connectivity index (χ0n) is 8.83. The molecule has 2 aromatic heterocycles. The highest BCUT2D eigenvalue weighted by atomic mass is 16.3. The summed E-state index contributed by atoms with van der Waals surface area (Å²) >= 11 is 0. The highest BCUT2D eigenvalue weighted by Gasteiger charge is 2.06. The summed E-state index contributed by atoms with van der Waals surface area (Å²) in [7, 11) is 1.88. The number of aromatic hydroxyl groups is 1. The largest absolute Gasteiger partial charge is 0.507 e. The first kappa shape index (κ1) is 9.03. The van der Waals surface area contributed by atoms with Crippen molar-refractivity contribution in [3.63, 3.8) is 0 Å². The van der Waals surface area contributed by atoms with Gasteiger partial charge in [0, 0.05) is 24.8 Å². The molecule has 3 aromatic rings. The first-order valence-corrected chi connectivity index (χ1v) is 5.04. The summed E-state index contributed by atoms with van der Waals surface area (Å²) in [6, 6.07) is 7.40. The van der Waals surface area contributed by atoms with Crippen LogP contribution >= 0.6 is 0 Å². The highest BCUT2D eigenvalue weighted by Crippen LogP contribution is 2.27. The minimum Gasteiger partial charge on any atom is -0.507 e. The van der Waals surface area contributed by atoms with Crippen molar-refractivity contribution in [3.05, 3.63) is 42.9 Å². The third kappa shape index (κ3) is 1.20. The molecule has 0 saturated carbocycles. The molecule has 0 bridgehead atoms. The van der Waals surface area contributed by atoms with Crippen LogP contribution in [0, 0.1) is 0 Å². The third-order valence-electron chi connectivity index (χ3n) is 2.68. The molecule has 0 fully saturated rings. The van der Waals surface area contributed by atoms with E-state index in [0.29, 0.717) is 5.75 Å². The van der Waals surface area contributed by atoms with Crippen LogP contribution in [0.15, 0.2) is 42.9 Å². The molecule has 16 heavy (non-hydrogen) atoms. The summed E-state index contributed by atoms with van der Waals surface area (Å²) in [6.45, 7) is 0. The topological polar surface area (TPSA) is 43.0 Å². The van der Waals surface area contributed by atoms with Gasteiger partial charge in [0.1, 0.15) is 5.75 Å². The number of benzene rings is 1. The summed E-state index contributed by atoms with van der Waals surface area (Å²) in [5, 5.41) is 14.7. The average molecular weight is 213 g/mol. The number of aromatic nitrogens is 3. The minimum atomic E-state index is 0.306. The van der Waals surface area contributed by atoms with Gasteiger partial charge in [-0.1, -0.05) is 6.07 Å². The van der Waals surface area contributed by atoms with E-state index in [1.54, 1.807) is 16.9 Å². The number of aryl methyl sites for hydroxylation is 1. The molecule has 0 saturated heterocycles. The second-order valence-corrected chi connectivity index (χ2v) is 3.77. The molecular formula is C12H11N3O. The Morgan fingerprint density at radius 2 is 2.12 bits per heavy atom. The number of phenolic OH excluding ortho intramolecular Hbond substituents is 1. The Kier molecular flexibility index (Phi) is 1.77. The standard InChI is InChI=1S/C12H11N3O/c1-14-8-9(7-13-14)15-6-5-10-11(15)3-2-4-12(10)16/h2-8,16H,1H3. The monoisotopic (exact) mass is 213 g/mol. The molecule has 0 aliphatic carbocycles. The van der Waals surface area contributed by atoms with Crippen molar-refractivity contribution in [1.82, 2.24) is 14.3 Å². The fourth-order valence-electron chi connectivity index (χ4n) is 1.91. The Bertz CT molecular complexity index is 651.